The highest BCUT2D eigenvalue weighted by atomic mass is 16.2. The van der Waals surface area contributed by atoms with Crippen LogP contribution < -0.4 is 10.6 Å². The van der Waals surface area contributed by atoms with Crippen molar-refractivity contribution in [1.29, 1.82) is 0 Å². The van der Waals surface area contributed by atoms with Gasteiger partial charge < -0.3 is 15.5 Å². The SMILES string of the molecule is CC(C)CCCNC(=NCC(=O)N(C)C)NC1CCN(Cc2ccccc2)CC1. The molecule has 1 heterocycles. The van der Waals surface area contributed by atoms with Crippen LogP contribution in [0.15, 0.2) is 35.3 Å². The van der Waals surface area contributed by atoms with Crippen LogP contribution in [0.5, 0.6) is 0 Å². The fraction of sp³-hybridized carbons (Fsp3) is 0.652. The van der Waals surface area contributed by atoms with Crippen LogP contribution in [0.1, 0.15) is 45.1 Å². The highest BCUT2D eigenvalue weighted by molar-refractivity contribution is 5.84. The van der Waals surface area contributed by atoms with E-state index in [-0.39, 0.29) is 12.5 Å². The molecule has 1 aromatic carbocycles. The Balaban J connectivity index is 1.82. The Kier molecular flexibility index (Phi) is 9.98. The number of hydrogen-bond acceptors (Lipinski definition) is 3. The zero-order valence-corrected chi connectivity index (χ0v) is 18.7. The maximum absolute atomic E-state index is 11.9. The zero-order chi connectivity index (χ0) is 21.1. The Morgan fingerprint density at radius 3 is 2.52 bits per heavy atom. The first-order valence-corrected chi connectivity index (χ1v) is 11.0. The molecule has 1 saturated heterocycles. The number of piperidine rings is 1. The van der Waals surface area contributed by atoms with Crippen LogP contribution >= 0.6 is 0 Å². The summed E-state index contributed by atoms with van der Waals surface area (Å²) in [4.78, 5) is 20.6. The number of hydrogen-bond donors (Lipinski definition) is 2. The van der Waals surface area contributed by atoms with E-state index in [9.17, 15) is 4.79 Å². The van der Waals surface area contributed by atoms with Crippen molar-refractivity contribution in [2.75, 3.05) is 40.3 Å². The number of benzene rings is 1. The Morgan fingerprint density at radius 2 is 1.90 bits per heavy atom. The van der Waals surface area contributed by atoms with Crippen LogP contribution in [-0.2, 0) is 11.3 Å². The van der Waals surface area contributed by atoms with E-state index in [0.717, 1.165) is 51.4 Å². The Morgan fingerprint density at radius 1 is 1.21 bits per heavy atom. The average Bonchev–Trinajstić information content (AvgIpc) is 2.70. The van der Waals surface area contributed by atoms with Crippen molar-refractivity contribution in [3.05, 3.63) is 35.9 Å². The predicted octanol–water partition coefficient (Wildman–Crippen LogP) is 2.71. The monoisotopic (exact) mass is 401 g/mol. The number of amides is 1. The molecule has 1 aliphatic heterocycles. The molecular formula is C23H39N5O. The van der Waals surface area contributed by atoms with E-state index < -0.39 is 0 Å². The van der Waals surface area contributed by atoms with E-state index in [0.29, 0.717) is 12.0 Å². The standard InChI is InChI=1S/C23H39N5O/c1-19(2)9-8-14-24-23(25-17-22(29)27(3)4)26-21-12-15-28(16-13-21)18-20-10-6-5-7-11-20/h5-7,10-11,19,21H,8-9,12-18H2,1-4H3,(H2,24,25,26). The molecule has 1 fully saturated rings. The van der Waals surface area contributed by atoms with Crippen molar-refractivity contribution in [2.24, 2.45) is 10.9 Å². The summed E-state index contributed by atoms with van der Waals surface area (Å²) in [6, 6.07) is 11.1. The van der Waals surface area contributed by atoms with Gasteiger partial charge in [-0.05, 0) is 37.2 Å². The van der Waals surface area contributed by atoms with Crippen LogP contribution in [0.3, 0.4) is 0 Å². The summed E-state index contributed by atoms with van der Waals surface area (Å²) in [6.45, 7) is 8.71. The second-order valence-corrected chi connectivity index (χ2v) is 8.60. The van der Waals surface area contributed by atoms with Gasteiger partial charge in [-0.25, -0.2) is 4.99 Å². The second kappa shape index (κ2) is 12.5. The molecule has 1 amide bonds. The van der Waals surface area contributed by atoms with E-state index in [4.69, 9.17) is 0 Å². The summed E-state index contributed by atoms with van der Waals surface area (Å²) < 4.78 is 0. The average molecular weight is 402 g/mol. The number of carbonyl (C=O) groups is 1. The summed E-state index contributed by atoms with van der Waals surface area (Å²) in [5, 5.41) is 6.99. The van der Waals surface area contributed by atoms with Gasteiger partial charge in [-0.2, -0.15) is 0 Å². The topological polar surface area (TPSA) is 60.0 Å². The number of guanidine groups is 1. The summed E-state index contributed by atoms with van der Waals surface area (Å²) in [7, 11) is 3.53. The second-order valence-electron chi connectivity index (χ2n) is 8.60. The van der Waals surface area contributed by atoms with Gasteiger partial charge in [0, 0.05) is 46.3 Å². The van der Waals surface area contributed by atoms with Crippen molar-refractivity contribution in [1.82, 2.24) is 20.4 Å². The van der Waals surface area contributed by atoms with Gasteiger partial charge in [0.15, 0.2) is 5.96 Å². The lowest BCUT2D eigenvalue weighted by Gasteiger charge is -2.33. The molecule has 0 bridgehead atoms. The van der Waals surface area contributed by atoms with Gasteiger partial charge in [0.2, 0.25) is 5.91 Å². The van der Waals surface area contributed by atoms with E-state index in [1.165, 1.54) is 12.0 Å². The Bertz CT molecular complexity index is 621. The minimum atomic E-state index is 0.0194. The summed E-state index contributed by atoms with van der Waals surface area (Å²) in [5.41, 5.74) is 1.37. The van der Waals surface area contributed by atoms with Gasteiger partial charge >= 0.3 is 0 Å². The summed E-state index contributed by atoms with van der Waals surface area (Å²) >= 11 is 0. The fourth-order valence-corrected chi connectivity index (χ4v) is 3.43. The van der Waals surface area contributed by atoms with Crippen molar-refractivity contribution in [3.8, 4) is 0 Å². The van der Waals surface area contributed by atoms with Gasteiger partial charge in [-0.3, -0.25) is 9.69 Å². The lowest BCUT2D eigenvalue weighted by Crippen LogP contribution is -2.49. The quantitative estimate of drug-likeness (QED) is 0.379. The maximum Gasteiger partial charge on any atom is 0.243 e. The minimum Gasteiger partial charge on any atom is -0.356 e. The van der Waals surface area contributed by atoms with Gasteiger partial charge in [-0.1, -0.05) is 44.2 Å². The van der Waals surface area contributed by atoms with Crippen LogP contribution in [-0.4, -0.2) is 68.0 Å². The van der Waals surface area contributed by atoms with E-state index in [2.05, 4.69) is 64.7 Å². The Hall–Kier alpha value is -2.08. The first-order chi connectivity index (χ1) is 13.9. The first-order valence-electron chi connectivity index (χ1n) is 11.0. The number of likely N-dealkylation sites (tertiary alicyclic amines) is 1. The molecule has 6 heteroatoms. The fourth-order valence-electron chi connectivity index (χ4n) is 3.43. The van der Waals surface area contributed by atoms with Crippen molar-refractivity contribution >= 4 is 11.9 Å². The molecule has 1 aromatic rings. The van der Waals surface area contributed by atoms with Crippen molar-refractivity contribution in [2.45, 2.75) is 52.1 Å². The van der Waals surface area contributed by atoms with Crippen LogP contribution in [0, 0.1) is 5.92 Å². The molecule has 6 nitrogen and oxygen atoms in total. The van der Waals surface area contributed by atoms with E-state index in [1.54, 1.807) is 19.0 Å². The number of nitrogens with zero attached hydrogens (tertiary/aromatic N) is 3. The first kappa shape index (κ1) is 23.2. The number of nitrogens with one attached hydrogen (secondary N) is 2. The highest BCUT2D eigenvalue weighted by Crippen LogP contribution is 2.14. The van der Waals surface area contributed by atoms with Gasteiger partial charge in [0.1, 0.15) is 6.54 Å². The van der Waals surface area contributed by atoms with Gasteiger partial charge in [0.05, 0.1) is 0 Å². The normalized spacial score (nSPS) is 16.1. The van der Waals surface area contributed by atoms with Crippen molar-refractivity contribution in [3.63, 3.8) is 0 Å². The summed E-state index contributed by atoms with van der Waals surface area (Å²) in [5.74, 6) is 1.49. The van der Waals surface area contributed by atoms with E-state index >= 15 is 0 Å². The molecule has 2 rings (SSSR count). The molecule has 0 aliphatic carbocycles. The smallest absolute Gasteiger partial charge is 0.243 e. The highest BCUT2D eigenvalue weighted by Gasteiger charge is 2.20. The number of aliphatic imine (C=N–C) groups is 1. The third-order valence-corrected chi connectivity index (χ3v) is 5.30. The van der Waals surface area contributed by atoms with Crippen molar-refractivity contribution < 1.29 is 4.79 Å². The molecule has 1 aliphatic rings. The lowest BCUT2D eigenvalue weighted by atomic mass is 10.0. The summed E-state index contributed by atoms with van der Waals surface area (Å²) in [6.07, 6.45) is 4.46. The third kappa shape index (κ3) is 9.31. The van der Waals surface area contributed by atoms with Crippen LogP contribution in [0.25, 0.3) is 0 Å². The maximum atomic E-state index is 11.9. The largest absolute Gasteiger partial charge is 0.356 e. The number of likely N-dealkylation sites (N-methyl/N-ethyl adjacent to an activating group) is 1. The molecule has 0 radical (unpaired) electrons. The molecule has 162 valence electrons. The Labute approximate surface area is 176 Å². The third-order valence-electron chi connectivity index (χ3n) is 5.30. The molecule has 0 atom stereocenters. The van der Waals surface area contributed by atoms with Crippen LogP contribution in [0.4, 0.5) is 0 Å². The van der Waals surface area contributed by atoms with Gasteiger partial charge in [-0.15, -0.1) is 0 Å². The molecule has 29 heavy (non-hydrogen) atoms. The molecule has 0 aromatic heterocycles. The number of carbonyl (C=O) groups excluding carboxylic acids is 1. The molecule has 2 N–H and O–H groups in total. The molecular weight excluding hydrogens is 362 g/mol. The lowest BCUT2D eigenvalue weighted by molar-refractivity contribution is -0.127. The van der Waals surface area contributed by atoms with Gasteiger partial charge in [0.25, 0.3) is 0 Å². The minimum absolute atomic E-state index is 0.0194. The molecule has 0 spiro atoms. The van der Waals surface area contributed by atoms with E-state index in [1.807, 2.05) is 0 Å². The predicted molar refractivity (Wildman–Crippen MR) is 121 cm³/mol. The zero-order valence-electron chi connectivity index (χ0n) is 18.7. The molecule has 0 saturated carbocycles. The van der Waals surface area contributed by atoms with Crippen LogP contribution in [0.2, 0.25) is 0 Å². The molecule has 0 unspecified atom stereocenters. The number of rotatable bonds is 9.